The van der Waals surface area contributed by atoms with Crippen LogP contribution in [0.15, 0.2) is 12.2 Å². The smallest absolute Gasteiger partial charge is 0.137 e. The molecule has 0 bridgehead atoms. The number of alkyl halides is 1. The largest absolute Gasteiger partial charge is 0.302 e. The van der Waals surface area contributed by atoms with Crippen molar-refractivity contribution in [1.82, 2.24) is 0 Å². The maximum Gasteiger partial charge on any atom is 0.137 e. The summed E-state index contributed by atoms with van der Waals surface area (Å²) in [6.45, 7) is 0. The summed E-state index contributed by atoms with van der Waals surface area (Å²) in [5.41, 5.74) is 0. The fourth-order valence-electron chi connectivity index (χ4n) is 0.929. The third-order valence-corrected chi connectivity index (χ3v) is 2.47. The molecule has 0 saturated carbocycles. The van der Waals surface area contributed by atoms with Crippen LogP contribution in [0.2, 0.25) is 0 Å². The van der Waals surface area contributed by atoms with E-state index < -0.39 is 0 Å². The van der Waals surface area contributed by atoms with Crippen molar-refractivity contribution in [1.29, 1.82) is 0 Å². The molecule has 2 heteroatoms. The van der Waals surface area contributed by atoms with Gasteiger partial charge in [0.25, 0.3) is 0 Å². The summed E-state index contributed by atoms with van der Waals surface area (Å²) in [4.78, 5) is 10.4. The minimum Gasteiger partial charge on any atom is -0.302 e. The Morgan fingerprint density at radius 1 is 1.56 bits per heavy atom. The first-order chi connectivity index (χ1) is 4.27. The van der Waals surface area contributed by atoms with Crippen molar-refractivity contribution in [2.24, 2.45) is 0 Å². The van der Waals surface area contributed by atoms with E-state index in [9.17, 15) is 4.79 Å². The molecule has 1 aliphatic carbocycles. The lowest BCUT2D eigenvalue weighted by atomic mass is 9.96. The first-order valence-corrected chi connectivity index (χ1v) is 3.86. The molecule has 0 aromatic rings. The van der Waals surface area contributed by atoms with E-state index in [2.05, 4.69) is 22.0 Å². The second-order valence-electron chi connectivity index (χ2n) is 2.37. The number of rotatable bonds is 1. The molecular weight excluding hydrogens is 180 g/mol. The fourth-order valence-corrected chi connectivity index (χ4v) is 1.35. The second kappa shape index (κ2) is 2.65. The number of carbonyl (C=O) groups excluding carboxylic acids is 1. The molecule has 0 amide bonds. The van der Waals surface area contributed by atoms with E-state index in [4.69, 9.17) is 0 Å². The molecule has 1 atom stereocenters. The van der Waals surface area contributed by atoms with E-state index in [0.717, 1.165) is 25.5 Å². The van der Waals surface area contributed by atoms with Gasteiger partial charge in [0.1, 0.15) is 6.29 Å². The van der Waals surface area contributed by atoms with E-state index in [1.807, 2.05) is 6.08 Å². The van der Waals surface area contributed by atoms with Gasteiger partial charge in [0.15, 0.2) is 0 Å². The van der Waals surface area contributed by atoms with Crippen molar-refractivity contribution < 1.29 is 4.79 Å². The van der Waals surface area contributed by atoms with Crippen molar-refractivity contribution >= 4 is 22.2 Å². The molecule has 9 heavy (non-hydrogen) atoms. The molecule has 0 radical (unpaired) electrons. The average molecular weight is 189 g/mol. The lowest BCUT2D eigenvalue weighted by Gasteiger charge is -2.20. The summed E-state index contributed by atoms with van der Waals surface area (Å²) in [6.07, 6.45) is 7.96. The zero-order chi connectivity index (χ0) is 6.74. The second-order valence-corrected chi connectivity index (χ2v) is 3.95. The summed E-state index contributed by atoms with van der Waals surface area (Å²) in [6, 6.07) is 0. The maximum atomic E-state index is 10.4. The summed E-state index contributed by atoms with van der Waals surface area (Å²) in [5.74, 6) is 0. The molecule has 1 nitrogen and oxygen atoms in total. The van der Waals surface area contributed by atoms with Crippen LogP contribution in [0.25, 0.3) is 0 Å². The van der Waals surface area contributed by atoms with Crippen LogP contribution >= 0.6 is 15.9 Å². The number of carbonyl (C=O) groups is 1. The number of hydrogen-bond donors (Lipinski definition) is 0. The maximum absolute atomic E-state index is 10.4. The van der Waals surface area contributed by atoms with Gasteiger partial charge in [0, 0.05) is 0 Å². The molecule has 0 aromatic heterocycles. The van der Waals surface area contributed by atoms with Gasteiger partial charge in [-0.3, -0.25) is 0 Å². The molecule has 0 unspecified atom stereocenters. The van der Waals surface area contributed by atoms with E-state index >= 15 is 0 Å². The van der Waals surface area contributed by atoms with Crippen molar-refractivity contribution in [3.05, 3.63) is 12.2 Å². The topological polar surface area (TPSA) is 17.1 Å². The molecule has 0 fully saturated rings. The van der Waals surface area contributed by atoms with Crippen molar-refractivity contribution in [2.45, 2.75) is 23.6 Å². The molecule has 0 spiro atoms. The number of hydrogen-bond acceptors (Lipinski definition) is 1. The number of halogens is 1. The molecule has 1 rings (SSSR count). The molecule has 50 valence electrons. The standard InChI is InChI=1S/C7H9BrO/c8-7(6-9)4-2-1-3-5-7/h1-2,6H,3-5H2/t7-/m0/s1. The molecule has 0 aromatic carbocycles. The van der Waals surface area contributed by atoms with E-state index in [1.54, 1.807) is 0 Å². The molecule has 0 aliphatic heterocycles. The molecule has 1 aliphatic rings. The molecule has 0 heterocycles. The normalized spacial score (nSPS) is 34.3. The highest BCUT2D eigenvalue weighted by Crippen LogP contribution is 2.29. The highest BCUT2D eigenvalue weighted by atomic mass is 79.9. The van der Waals surface area contributed by atoms with E-state index in [1.165, 1.54) is 0 Å². The zero-order valence-electron chi connectivity index (χ0n) is 5.14. The van der Waals surface area contributed by atoms with Gasteiger partial charge in [-0.05, 0) is 19.3 Å². The summed E-state index contributed by atoms with van der Waals surface area (Å²) in [7, 11) is 0. The van der Waals surface area contributed by atoms with Crippen molar-refractivity contribution in [3.63, 3.8) is 0 Å². The van der Waals surface area contributed by atoms with Gasteiger partial charge in [0.05, 0.1) is 4.32 Å². The Hall–Kier alpha value is -0.110. The van der Waals surface area contributed by atoms with Crippen molar-refractivity contribution in [2.75, 3.05) is 0 Å². The number of aldehydes is 1. The molecule has 0 saturated heterocycles. The highest BCUT2D eigenvalue weighted by Gasteiger charge is 2.25. The van der Waals surface area contributed by atoms with E-state index in [-0.39, 0.29) is 4.32 Å². The Balaban J connectivity index is 2.60. The SMILES string of the molecule is O=C[C@]1(Br)CC=CCC1. The van der Waals surface area contributed by atoms with Crippen LogP contribution in [0.5, 0.6) is 0 Å². The van der Waals surface area contributed by atoms with Gasteiger partial charge in [-0.1, -0.05) is 28.1 Å². The Morgan fingerprint density at radius 3 is 2.67 bits per heavy atom. The molecule has 0 N–H and O–H groups in total. The number of allylic oxidation sites excluding steroid dienone is 2. The predicted molar refractivity (Wildman–Crippen MR) is 40.7 cm³/mol. The molecular formula is C7H9BrO. The average Bonchev–Trinajstić information content (AvgIpc) is 1.90. The summed E-state index contributed by atoms with van der Waals surface area (Å²) in [5, 5.41) is 0. The van der Waals surface area contributed by atoms with Crippen LogP contribution in [0, 0.1) is 0 Å². The van der Waals surface area contributed by atoms with Gasteiger partial charge in [0.2, 0.25) is 0 Å². The van der Waals surface area contributed by atoms with Gasteiger partial charge < -0.3 is 4.79 Å². The minimum atomic E-state index is -0.234. The van der Waals surface area contributed by atoms with Gasteiger partial charge in [-0.2, -0.15) is 0 Å². The first-order valence-electron chi connectivity index (χ1n) is 3.07. The van der Waals surface area contributed by atoms with Crippen molar-refractivity contribution in [3.8, 4) is 0 Å². The van der Waals surface area contributed by atoms with Crippen LogP contribution in [0.4, 0.5) is 0 Å². The lowest BCUT2D eigenvalue weighted by Crippen LogP contribution is -2.23. The minimum absolute atomic E-state index is 0.234. The van der Waals surface area contributed by atoms with Gasteiger partial charge in [-0.25, -0.2) is 0 Å². The Bertz CT molecular complexity index is 142. The monoisotopic (exact) mass is 188 g/mol. The summed E-state index contributed by atoms with van der Waals surface area (Å²) < 4.78 is -0.234. The third kappa shape index (κ3) is 1.65. The zero-order valence-corrected chi connectivity index (χ0v) is 6.73. The van der Waals surface area contributed by atoms with Crippen LogP contribution in [0.3, 0.4) is 0 Å². The van der Waals surface area contributed by atoms with Crippen LogP contribution in [0.1, 0.15) is 19.3 Å². The van der Waals surface area contributed by atoms with Gasteiger partial charge >= 0.3 is 0 Å². The highest BCUT2D eigenvalue weighted by molar-refractivity contribution is 9.10. The van der Waals surface area contributed by atoms with E-state index in [0.29, 0.717) is 0 Å². The Kier molecular flexibility index (Phi) is 2.06. The Morgan fingerprint density at radius 2 is 2.33 bits per heavy atom. The fraction of sp³-hybridized carbons (Fsp3) is 0.571. The quantitative estimate of drug-likeness (QED) is 0.350. The van der Waals surface area contributed by atoms with Crippen LogP contribution in [-0.2, 0) is 4.79 Å². The predicted octanol–water partition coefficient (Wildman–Crippen LogP) is 2.06. The first kappa shape index (κ1) is 7.00. The van der Waals surface area contributed by atoms with Crippen LogP contribution in [-0.4, -0.2) is 10.6 Å². The van der Waals surface area contributed by atoms with Crippen LogP contribution < -0.4 is 0 Å². The lowest BCUT2D eigenvalue weighted by molar-refractivity contribution is -0.109. The summed E-state index contributed by atoms with van der Waals surface area (Å²) >= 11 is 3.38. The Labute approximate surface area is 63.3 Å². The third-order valence-electron chi connectivity index (χ3n) is 1.56. The van der Waals surface area contributed by atoms with Gasteiger partial charge in [-0.15, -0.1) is 0 Å².